The van der Waals surface area contributed by atoms with E-state index in [9.17, 15) is 9.59 Å². The fourth-order valence-electron chi connectivity index (χ4n) is 2.24. The maximum Gasteiger partial charge on any atom is 0.340 e. The van der Waals surface area contributed by atoms with Crippen LogP contribution in [0.4, 0.5) is 11.5 Å². The van der Waals surface area contributed by atoms with Gasteiger partial charge in [0.25, 0.3) is 5.91 Å². The van der Waals surface area contributed by atoms with E-state index in [4.69, 9.17) is 9.47 Å². The molecule has 1 amide bonds. The minimum atomic E-state index is -0.400. The largest absolute Gasteiger partial charge is 0.462 e. The predicted molar refractivity (Wildman–Crippen MR) is 98.7 cm³/mol. The van der Waals surface area contributed by atoms with Crippen molar-refractivity contribution in [3.63, 3.8) is 0 Å². The molecule has 138 valence electrons. The van der Waals surface area contributed by atoms with Crippen LogP contribution in [0.1, 0.15) is 34.1 Å². The molecule has 0 aliphatic heterocycles. The van der Waals surface area contributed by atoms with Gasteiger partial charge in [-0.15, -0.1) is 0 Å². The summed E-state index contributed by atoms with van der Waals surface area (Å²) < 4.78 is 9.99. The lowest BCUT2D eigenvalue weighted by Crippen LogP contribution is -2.25. The van der Waals surface area contributed by atoms with Crippen LogP contribution in [0.2, 0.25) is 0 Å². The molecule has 2 rings (SSSR count). The Balaban J connectivity index is 2.01. The minimum Gasteiger partial charge on any atom is -0.462 e. The van der Waals surface area contributed by atoms with Gasteiger partial charge in [-0.05, 0) is 37.6 Å². The second-order valence-electron chi connectivity index (χ2n) is 5.43. The summed E-state index contributed by atoms with van der Waals surface area (Å²) in [6.07, 6.45) is 2.24. The molecule has 0 unspecified atom stereocenters. The topological polar surface area (TPSA) is 89.5 Å². The first kappa shape index (κ1) is 19.4. The molecule has 1 aromatic carbocycles. The molecule has 0 saturated heterocycles. The molecular weight excluding hydrogens is 334 g/mol. The average molecular weight is 357 g/mol. The van der Waals surface area contributed by atoms with E-state index in [1.54, 1.807) is 44.4 Å². The van der Waals surface area contributed by atoms with Crippen molar-refractivity contribution in [3.05, 3.63) is 53.7 Å². The Hall–Kier alpha value is -2.93. The zero-order valence-electron chi connectivity index (χ0n) is 15.0. The van der Waals surface area contributed by atoms with Crippen LogP contribution in [0.15, 0.2) is 42.6 Å². The zero-order chi connectivity index (χ0) is 18.8. The average Bonchev–Trinajstić information content (AvgIpc) is 2.66. The molecule has 0 aliphatic rings. The molecule has 0 radical (unpaired) electrons. The zero-order valence-corrected chi connectivity index (χ0v) is 15.0. The Morgan fingerprint density at radius 2 is 1.96 bits per heavy atom. The first-order valence-corrected chi connectivity index (χ1v) is 8.42. The third-order valence-corrected chi connectivity index (χ3v) is 3.52. The van der Waals surface area contributed by atoms with Crippen LogP contribution in [0.25, 0.3) is 0 Å². The molecule has 0 atom stereocenters. The van der Waals surface area contributed by atoms with Crippen LogP contribution < -0.4 is 10.6 Å². The number of carbonyl (C=O) groups is 2. The van der Waals surface area contributed by atoms with Gasteiger partial charge in [0, 0.05) is 26.5 Å². The Morgan fingerprint density at radius 3 is 2.65 bits per heavy atom. The normalized spacial score (nSPS) is 10.2. The summed E-state index contributed by atoms with van der Waals surface area (Å²) in [7, 11) is 1.62. The molecule has 26 heavy (non-hydrogen) atoms. The molecule has 0 spiro atoms. The summed E-state index contributed by atoms with van der Waals surface area (Å²) in [5.74, 6) is -0.0626. The van der Waals surface area contributed by atoms with Gasteiger partial charge in [-0.25, -0.2) is 9.78 Å². The van der Waals surface area contributed by atoms with E-state index in [-0.39, 0.29) is 5.91 Å². The molecule has 1 aromatic heterocycles. The minimum absolute atomic E-state index is 0.188. The van der Waals surface area contributed by atoms with Gasteiger partial charge in [0.05, 0.1) is 23.4 Å². The quantitative estimate of drug-likeness (QED) is 0.530. The van der Waals surface area contributed by atoms with Crippen molar-refractivity contribution in [3.8, 4) is 0 Å². The summed E-state index contributed by atoms with van der Waals surface area (Å²) >= 11 is 0. The highest BCUT2D eigenvalue weighted by atomic mass is 16.5. The predicted octanol–water partition coefficient (Wildman–Crippen LogP) is 2.77. The molecule has 7 heteroatoms. The standard InChI is InChI=1S/C19H23N3O4/c1-3-26-19(24)15-7-4-5-8-16(15)22-17-10-9-14(13-21-17)18(23)20-11-6-12-25-2/h4-5,7-10,13H,3,6,11-12H2,1-2H3,(H,20,23)(H,21,22). The Labute approximate surface area is 152 Å². The second-order valence-corrected chi connectivity index (χ2v) is 5.43. The van der Waals surface area contributed by atoms with Crippen molar-refractivity contribution in [1.29, 1.82) is 0 Å². The van der Waals surface area contributed by atoms with Crippen molar-refractivity contribution in [2.45, 2.75) is 13.3 Å². The Bertz CT molecular complexity index is 732. The number of anilines is 2. The molecule has 0 fully saturated rings. The number of hydrogen-bond donors (Lipinski definition) is 2. The van der Waals surface area contributed by atoms with E-state index in [0.717, 1.165) is 6.42 Å². The van der Waals surface area contributed by atoms with E-state index >= 15 is 0 Å². The summed E-state index contributed by atoms with van der Waals surface area (Å²) in [4.78, 5) is 28.3. The number of aromatic nitrogens is 1. The summed E-state index contributed by atoms with van der Waals surface area (Å²) in [6.45, 7) is 3.20. The molecular formula is C19H23N3O4. The number of ether oxygens (including phenoxy) is 2. The van der Waals surface area contributed by atoms with E-state index in [1.165, 1.54) is 6.20 Å². The van der Waals surface area contributed by atoms with Crippen LogP contribution >= 0.6 is 0 Å². The Morgan fingerprint density at radius 1 is 1.15 bits per heavy atom. The third-order valence-electron chi connectivity index (χ3n) is 3.52. The summed E-state index contributed by atoms with van der Waals surface area (Å²) in [5, 5.41) is 5.88. The van der Waals surface area contributed by atoms with Crippen LogP contribution in [-0.2, 0) is 9.47 Å². The lowest BCUT2D eigenvalue weighted by atomic mass is 10.1. The van der Waals surface area contributed by atoms with Crippen LogP contribution in [0, 0.1) is 0 Å². The number of pyridine rings is 1. The van der Waals surface area contributed by atoms with Gasteiger partial charge in [-0.3, -0.25) is 4.79 Å². The smallest absolute Gasteiger partial charge is 0.340 e. The number of nitrogens with zero attached hydrogens (tertiary/aromatic N) is 1. The van der Waals surface area contributed by atoms with Gasteiger partial charge in [0.15, 0.2) is 0 Å². The fraction of sp³-hybridized carbons (Fsp3) is 0.316. The summed E-state index contributed by atoms with van der Waals surface area (Å²) in [5.41, 5.74) is 1.48. The SMILES string of the molecule is CCOC(=O)c1ccccc1Nc1ccc(C(=O)NCCCOC)cn1. The highest BCUT2D eigenvalue weighted by Crippen LogP contribution is 2.20. The fourth-order valence-corrected chi connectivity index (χ4v) is 2.24. The molecule has 7 nitrogen and oxygen atoms in total. The lowest BCUT2D eigenvalue weighted by molar-refractivity contribution is 0.0527. The van der Waals surface area contributed by atoms with Gasteiger partial charge in [-0.1, -0.05) is 12.1 Å². The van der Waals surface area contributed by atoms with Crippen molar-refractivity contribution >= 4 is 23.4 Å². The highest BCUT2D eigenvalue weighted by molar-refractivity contribution is 5.96. The first-order chi connectivity index (χ1) is 12.7. The molecule has 0 bridgehead atoms. The van der Waals surface area contributed by atoms with Crippen molar-refractivity contribution < 1.29 is 19.1 Å². The number of para-hydroxylation sites is 1. The molecule has 1 heterocycles. The number of hydrogen-bond acceptors (Lipinski definition) is 6. The van der Waals surface area contributed by atoms with Crippen LogP contribution in [0.5, 0.6) is 0 Å². The first-order valence-electron chi connectivity index (χ1n) is 8.42. The van der Waals surface area contributed by atoms with Gasteiger partial charge < -0.3 is 20.1 Å². The van der Waals surface area contributed by atoms with Crippen molar-refractivity contribution in [2.24, 2.45) is 0 Å². The number of esters is 1. The van der Waals surface area contributed by atoms with Crippen molar-refractivity contribution in [2.75, 3.05) is 32.2 Å². The van der Waals surface area contributed by atoms with Gasteiger partial charge in [0.2, 0.25) is 0 Å². The van der Waals surface area contributed by atoms with Crippen LogP contribution in [-0.4, -0.2) is 43.7 Å². The monoisotopic (exact) mass is 357 g/mol. The molecule has 2 aromatic rings. The van der Waals surface area contributed by atoms with Gasteiger partial charge >= 0.3 is 5.97 Å². The number of carbonyl (C=O) groups excluding carboxylic acids is 2. The van der Waals surface area contributed by atoms with Gasteiger partial charge in [0.1, 0.15) is 5.82 Å². The van der Waals surface area contributed by atoms with Crippen molar-refractivity contribution in [1.82, 2.24) is 10.3 Å². The molecule has 2 N–H and O–H groups in total. The lowest BCUT2D eigenvalue weighted by Gasteiger charge is -2.11. The van der Waals surface area contributed by atoms with Crippen LogP contribution in [0.3, 0.4) is 0 Å². The number of amides is 1. The number of benzene rings is 1. The van der Waals surface area contributed by atoms with E-state index in [2.05, 4.69) is 15.6 Å². The number of nitrogens with one attached hydrogen (secondary N) is 2. The van der Waals surface area contributed by atoms with E-state index in [0.29, 0.717) is 42.4 Å². The van der Waals surface area contributed by atoms with E-state index in [1.807, 2.05) is 6.07 Å². The maximum absolute atomic E-state index is 12.0. The molecule has 0 saturated carbocycles. The number of methoxy groups -OCH3 is 1. The molecule has 0 aliphatic carbocycles. The highest BCUT2D eigenvalue weighted by Gasteiger charge is 2.12. The maximum atomic E-state index is 12.0. The van der Waals surface area contributed by atoms with E-state index < -0.39 is 5.97 Å². The Kier molecular flexibility index (Phi) is 7.57. The summed E-state index contributed by atoms with van der Waals surface area (Å²) in [6, 6.07) is 10.4. The number of rotatable bonds is 9. The second kappa shape index (κ2) is 10.1. The van der Waals surface area contributed by atoms with Gasteiger partial charge in [-0.2, -0.15) is 0 Å². The third kappa shape index (κ3) is 5.56.